The topological polar surface area (TPSA) is 0 Å². The normalized spacial score (nSPS) is 26.4. The maximum atomic E-state index is 2.85. The van der Waals surface area contributed by atoms with E-state index >= 15 is 0 Å². The van der Waals surface area contributed by atoms with Crippen molar-refractivity contribution < 1.29 is 0 Å². The summed E-state index contributed by atoms with van der Waals surface area (Å²) in [7, 11) is 0.204. The van der Waals surface area contributed by atoms with Crippen molar-refractivity contribution in [3.05, 3.63) is 11.4 Å². The van der Waals surface area contributed by atoms with Crippen LogP contribution < -0.4 is 0 Å². The number of allylic oxidation sites excluding steroid dienone is 2. The Morgan fingerprint density at radius 3 is 1.77 bits per heavy atom. The molecule has 0 radical (unpaired) electrons. The average molecular weight is 321 g/mol. The monoisotopic (exact) mass is 320 g/mol. The molecule has 3 aliphatic rings. The van der Waals surface area contributed by atoms with Crippen molar-refractivity contribution in [1.82, 2.24) is 0 Å². The summed E-state index contributed by atoms with van der Waals surface area (Å²) < 4.78 is 0. The summed E-state index contributed by atoms with van der Waals surface area (Å²) in [4.78, 5) is 0. The van der Waals surface area contributed by atoms with E-state index in [0.717, 1.165) is 17.2 Å². The van der Waals surface area contributed by atoms with Gasteiger partial charge in [0.05, 0.1) is 0 Å². The van der Waals surface area contributed by atoms with Gasteiger partial charge >= 0.3 is 0 Å². The number of rotatable bonds is 6. The van der Waals surface area contributed by atoms with Crippen LogP contribution in [0.3, 0.4) is 0 Å². The molecule has 126 valence electrons. The maximum Gasteiger partial charge on any atom is -0.0170 e. The van der Waals surface area contributed by atoms with Crippen molar-refractivity contribution in [2.75, 3.05) is 0 Å². The van der Waals surface area contributed by atoms with Gasteiger partial charge in [0.25, 0.3) is 0 Å². The Bertz CT molecular complexity index is 325. The molecule has 0 saturated heterocycles. The Labute approximate surface area is 140 Å². The highest BCUT2D eigenvalue weighted by Crippen LogP contribution is 2.63. The van der Waals surface area contributed by atoms with Gasteiger partial charge in [0.1, 0.15) is 0 Å². The van der Waals surface area contributed by atoms with Crippen LogP contribution in [0, 0.1) is 5.92 Å². The van der Waals surface area contributed by atoms with E-state index in [9.17, 15) is 0 Å². The quantitative estimate of drug-likeness (QED) is 0.441. The molecule has 0 aromatic heterocycles. The van der Waals surface area contributed by atoms with Crippen molar-refractivity contribution >= 4 is 7.92 Å². The summed E-state index contributed by atoms with van der Waals surface area (Å²) in [6.45, 7) is 2.41. The molecule has 0 heterocycles. The predicted molar refractivity (Wildman–Crippen MR) is 101 cm³/mol. The molecule has 3 saturated carbocycles. The molecular weight excluding hydrogens is 283 g/mol. The molecule has 0 amide bonds. The lowest BCUT2D eigenvalue weighted by Crippen LogP contribution is -2.13. The summed E-state index contributed by atoms with van der Waals surface area (Å²) in [6.07, 6.45) is 25.5. The third-order valence-electron chi connectivity index (χ3n) is 6.35. The van der Waals surface area contributed by atoms with E-state index in [2.05, 4.69) is 13.0 Å². The minimum atomic E-state index is 0.204. The molecule has 0 bridgehead atoms. The summed E-state index contributed by atoms with van der Waals surface area (Å²) in [5.41, 5.74) is 2.22. The van der Waals surface area contributed by atoms with E-state index < -0.39 is 0 Å². The van der Waals surface area contributed by atoms with Gasteiger partial charge in [-0.1, -0.05) is 72.3 Å². The van der Waals surface area contributed by atoms with Gasteiger partial charge in [-0.3, -0.25) is 0 Å². The van der Waals surface area contributed by atoms with E-state index in [1.807, 2.05) is 5.31 Å². The summed E-state index contributed by atoms with van der Waals surface area (Å²) in [5.74, 6) is 0.947. The predicted octanol–water partition coefficient (Wildman–Crippen LogP) is 7.62. The fraction of sp³-hybridized carbons (Fsp3) is 0.905. The summed E-state index contributed by atoms with van der Waals surface area (Å²) >= 11 is 0. The lowest BCUT2D eigenvalue weighted by Gasteiger charge is -2.34. The molecule has 3 aliphatic carbocycles. The van der Waals surface area contributed by atoms with Crippen LogP contribution >= 0.6 is 7.92 Å². The van der Waals surface area contributed by atoms with Gasteiger partial charge < -0.3 is 0 Å². The molecule has 1 heteroatoms. The van der Waals surface area contributed by atoms with Crippen LogP contribution in [-0.4, -0.2) is 11.3 Å². The molecule has 0 unspecified atom stereocenters. The van der Waals surface area contributed by atoms with E-state index in [1.54, 1.807) is 25.7 Å². The fourth-order valence-corrected chi connectivity index (χ4v) is 9.50. The van der Waals surface area contributed by atoms with Crippen molar-refractivity contribution in [3.63, 3.8) is 0 Å². The first-order chi connectivity index (χ1) is 10.9. The Balaban J connectivity index is 1.78. The second kappa shape index (κ2) is 8.86. The summed E-state index contributed by atoms with van der Waals surface area (Å²) in [5, 5.41) is 1.99. The lowest BCUT2D eigenvalue weighted by molar-refractivity contribution is 0.418. The second-order valence-corrected chi connectivity index (χ2v) is 10.9. The molecule has 0 aromatic carbocycles. The van der Waals surface area contributed by atoms with Gasteiger partial charge in [0.15, 0.2) is 0 Å². The molecule has 0 aliphatic heterocycles. The van der Waals surface area contributed by atoms with Crippen molar-refractivity contribution in [3.8, 4) is 0 Å². The third-order valence-corrected chi connectivity index (χ3v) is 9.99. The Kier molecular flexibility index (Phi) is 6.85. The number of hydrogen-bond acceptors (Lipinski definition) is 0. The van der Waals surface area contributed by atoms with E-state index in [4.69, 9.17) is 0 Å². The van der Waals surface area contributed by atoms with Crippen LogP contribution in [0.25, 0.3) is 0 Å². The molecule has 0 nitrogen and oxygen atoms in total. The van der Waals surface area contributed by atoms with Crippen LogP contribution in [0.4, 0.5) is 0 Å². The van der Waals surface area contributed by atoms with Gasteiger partial charge in [0.2, 0.25) is 0 Å². The first-order valence-electron chi connectivity index (χ1n) is 10.4. The molecule has 0 spiro atoms. The zero-order chi connectivity index (χ0) is 15.2. The van der Waals surface area contributed by atoms with Gasteiger partial charge in [-0.2, -0.15) is 0 Å². The van der Waals surface area contributed by atoms with Crippen molar-refractivity contribution in [1.29, 1.82) is 0 Å². The Morgan fingerprint density at radius 2 is 1.27 bits per heavy atom. The van der Waals surface area contributed by atoms with Crippen LogP contribution in [0.1, 0.15) is 103 Å². The van der Waals surface area contributed by atoms with Crippen LogP contribution in [0.15, 0.2) is 11.4 Å². The van der Waals surface area contributed by atoms with Gasteiger partial charge in [-0.05, 0) is 67.5 Å². The molecule has 0 N–H and O–H groups in total. The van der Waals surface area contributed by atoms with Crippen LogP contribution in [0.5, 0.6) is 0 Å². The van der Waals surface area contributed by atoms with Crippen LogP contribution in [-0.2, 0) is 0 Å². The third kappa shape index (κ3) is 4.37. The fourth-order valence-electron chi connectivity index (χ4n) is 5.26. The van der Waals surface area contributed by atoms with Crippen molar-refractivity contribution in [2.24, 2.45) is 5.92 Å². The molecule has 0 aromatic rings. The molecule has 3 rings (SSSR count). The minimum Gasteiger partial charge on any atom is -0.0777 e. The summed E-state index contributed by atoms with van der Waals surface area (Å²) in [6, 6.07) is 0. The Morgan fingerprint density at radius 1 is 0.773 bits per heavy atom. The van der Waals surface area contributed by atoms with Gasteiger partial charge in [-0.25, -0.2) is 0 Å². The second-order valence-electron chi connectivity index (χ2n) is 8.09. The van der Waals surface area contributed by atoms with E-state index in [-0.39, 0.29) is 7.92 Å². The molecule has 22 heavy (non-hydrogen) atoms. The molecule has 3 fully saturated rings. The zero-order valence-electron chi connectivity index (χ0n) is 14.9. The highest BCUT2D eigenvalue weighted by Gasteiger charge is 2.34. The first kappa shape index (κ1) is 17.0. The number of hydrogen-bond donors (Lipinski definition) is 0. The maximum absolute atomic E-state index is 2.85. The first-order valence-corrected chi connectivity index (χ1v) is 11.9. The van der Waals surface area contributed by atoms with Gasteiger partial charge in [-0.15, -0.1) is 0 Å². The largest absolute Gasteiger partial charge is 0.0777 e. The molecule has 0 atom stereocenters. The Hall–Kier alpha value is 0.170. The average Bonchev–Trinajstić information content (AvgIpc) is 3.23. The van der Waals surface area contributed by atoms with Gasteiger partial charge in [0, 0.05) is 0 Å². The highest BCUT2D eigenvalue weighted by atomic mass is 31.1. The minimum absolute atomic E-state index is 0.204. The molecular formula is C21H37P. The van der Waals surface area contributed by atoms with Crippen molar-refractivity contribution in [2.45, 2.75) is 115 Å². The van der Waals surface area contributed by atoms with Crippen LogP contribution in [0.2, 0.25) is 0 Å². The SMILES string of the molecule is CCC/C(=C\C1CCCCC1)P(C1CCCC1)C1CCCC1. The smallest absolute Gasteiger partial charge is 0.0170 e. The zero-order valence-corrected chi connectivity index (χ0v) is 15.8. The lowest BCUT2D eigenvalue weighted by atomic mass is 9.89. The highest BCUT2D eigenvalue weighted by molar-refractivity contribution is 7.63. The van der Waals surface area contributed by atoms with E-state index in [1.165, 1.54) is 70.6 Å². The van der Waals surface area contributed by atoms with E-state index in [0.29, 0.717) is 0 Å². The standard InChI is InChI=1S/C21H37P/c1-2-10-21(17-18-11-4-3-5-12-18)22(19-13-6-7-14-19)20-15-8-9-16-20/h17-20H,2-16H2,1H3/b21-17+.